The van der Waals surface area contributed by atoms with Crippen molar-refractivity contribution >= 4 is 21.7 Å². The number of aryl methyl sites for hydroxylation is 1. The predicted molar refractivity (Wildman–Crippen MR) is 56.3 cm³/mol. The summed E-state index contributed by atoms with van der Waals surface area (Å²) in [5.74, 6) is 0.609. The highest BCUT2D eigenvalue weighted by atomic mass is 79.9. The number of aromatic nitrogens is 2. The summed E-state index contributed by atoms with van der Waals surface area (Å²) >= 11 is 3.45. The fourth-order valence-corrected chi connectivity index (χ4v) is 1.56. The standard InChI is InChI=1S/C9H13BrN2O/c1-5-13-7(3)9-8(10)6(2)12(4)11-9/h3,5H2,1-2,4H3. The molecule has 0 aromatic carbocycles. The molecule has 1 rings (SSSR count). The topological polar surface area (TPSA) is 27.1 Å². The van der Waals surface area contributed by atoms with Crippen molar-refractivity contribution in [1.29, 1.82) is 0 Å². The van der Waals surface area contributed by atoms with Crippen LogP contribution in [0.3, 0.4) is 0 Å². The number of ether oxygens (including phenoxy) is 1. The summed E-state index contributed by atoms with van der Waals surface area (Å²) in [5, 5.41) is 4.27. The van der Waals surface area contributed by atoms with Gasteiger partial charge >= 0.3 is 0 Å². The molecule has 0 fully saturated rings. The van der Waals surface area contributed by atoms with Crippen molar-refractivity contribution in [1.82, 2.24) is 9.78 Å². The largest absolute Gasteiger partial charge is 0.492 e. The highest BCUT2D eigenvalue weighted by Crippen LogP contribution is 2.25. The molecule has 3 nitrogen and oxygen atoms in total. The third-order valence-corrected chi connectivity index (χ3v) is 2.79. The van der Waals surface area contributed by atoms with Crippen LogP contribution in [0.25, 0.3) is 5.76 Å². The second-order valence-electron chi connectivity index (χ2n) is 2.73. The van der Waals surface area contributed by atoms with Gasteiger partial charge in [0.15, 0.2) is 0 Å². The lowest BCUT2D eigenvalue weighted by atomic mass is 10.3. The van der Waals surface area contributed by atoms with Crippen molar-refractivity contribution in [2.45, 2.75) is 13.8 Å². The Balaban J connectivity index is 3.01. The summed E-state index contributed by atoms with van der Waals surface area (Å²) in [7, 11) is 1.89. The van der Waals surface area contributed by atoms with E-state index in [1.807, 2.05) is 20.9 Å². The zero-order valence-corrected chi connectivity index (χ0v) is 9.68. The first-order valence-electron chi connectivity index (χ1n) is 4.09. The van der Waals surface area contributed by atoms with Gasteiger partial charge in [-0.2, -0.15) is 5.10 Å². The first kappa shape index (κ1) is 10.3. The lowest BCUT2D eigenvalue weighted by Gasteiger charge is -2.02. The molecule has 0 bridgehead atoms. The lowest BCUT2D eigenvalue weighted by Crippen LogP contribution is -1.95. The molecule has 13 heavy (non-hydrogen) atoms. The Bertz CT molecular complexity index is 331. The van der Waals surface area contributed by atoms with Crippen LogP contribution in [0.2, 0.25) is 0 Å². The van der Waals surface area contributed by atoms with E-state index < -0.39 is 0 Å². The zero-order chi connectivity index (χ0) is 10.0. The Morgan fingerprint density at radius 1 is 1.69 bits per heavy atom. The van der Waals surface area contributed by atoms with E-state index in [2.05, 4.69) is 27.6 Å². The molecule has 0 aliphatic heterocycles. The molecule has 1 heterocycles. The third kappa shape index (κ3) is 1.94. The van der Waals surface area contributed by atoms with Crippen molar-refractivity contribution in [3.05, 3.63) is 22.4 Å². The first-order valence-corrected chi connectivity index (χ1v) is 4.88. The summed E-state index contributed by atoms with van der Waals surface area (Å²) in [6.07, 6.45) is 0. The van der Waals surface area contributed by atoms with Crippen LogP contribution in [0.15, 0.2) is 11.1 Å². The van der Waals surface area contributed by atoms with Gasteiger partial charge in [0.2, 0.25) is 0 Å². The molecule has 0 radical (unpaired) electrons. The molecule has 72 valence electrons. The predicted octanol–water partition coefficient (Wildman–Crippen LogP) is 2.50. The number of nitrogens with zero attached hydrogens (tertiary/aromatic N) is 2. The van der Waals surface area contributed by atoms with Crippen molar-refractivity contribution in [3.63, 3.8) is 0 Å². The molecule has 1 aromatic heterocycles. The van der Waals surface area contributed by atoms with E-state index in [1.165, 1.54) is 0 Å². The Morgan fingerprint density at radius 3 is 2.69 bits per heavy atom. The van der Waals surface area contributed by atoms with Crippen molar-refractivity contribution in [2.75, 3.05) is 6.61 Å². The van der Waals surface area contributed by atoms with Crippen LogP contribution in [0.5, 0.6) is 0 Å². The second-order valence-corrected chi connectivity index (χ2v) is 3.52. The van der Waals surface area contributed by atoms with Gasteiger partial charge in [-0.05, 0) is 29.8 Å². The van der Waals surface area contributed by atoms with Crippen LogP contribution >= 0.6 is 15.9 Å². The van der Waals surface area contributed by atoms with E-state index in [9.17, 15) is 0 Å². The minimum Gasteiger partial charge on any atom is -0.492 e. The lowest BCUT2D eigenvalue weighted by molar-refractivity contribution is 0.297. The molecule has 0 saturated heterocycles. The Morgan fingerprint density at radius 2 is 2.31 bits per heavy atom. The molecule has 0 aliphatic carbocycles. The van der Waals surface area contributed by atoms with Gasteiger partial charge in [0.1, 0.15) is 11.5 Å². The van der Waals surface area contributed by atoms with Crippen LogP contribution in [-0.2, 0) is 11.8 Å². The van der Waals surface area contributed by atoms with Crippen LogP contribution < -0.4 is 0 Å². The van der Waals surface area contributed by atoms with Crippen LogP contribution in [0, 0.1) is 6.92 Å². The first-order chi connectivity index (χ1) is 6.07. The quantitative estimate of drug-likeness (QED) is 0.765. The van der Waals surface area contributed by atoms with Crippen LogP contribution in [0.4, 0.5) is 0 Å². The average Bonchev–Trinajstić information content (AvgIpc) is 2.33. The number of hydrogen-bond acceptors (Lipinski definition) is 2. The minimum atomic E-state index is 0.609. The van der Waals surface area contributed by atoms with E-state index in [-0.39, 0.29) is 0 Å². The molecule has 0 N–H and O–H groups in total. The summed E-state index contributed by atoms with van der Waals surface area (Å²) < 4.78 is 8.02. The number of rotatable bonds is 3. The Hall–Kier alpha value is -0.770. The molecular formula is C9H13BrN2O. The van der Waals surface area contributed by atoms with E-state index >= 15 is 0 Å². The zero-order valence-electron chi connectivity index (χ0n) is 8.09. The summed E-state index contributed by atoms with van der Waals surface area (Å²) in [5.41, 5.74) is 1.85. The molecule has 0 atom stereocenters. The van der Waals surface area contributed by atoms with Crippen molar-refractivity contribution in [3.8, 4) is 0 Å². The van der Waals surface area contributed by atoms with E-state index in [1.54, 1.807) is 4.68 Å². The summed E-state index contributed by atoms with van der Waals surface area (Å²) in [6, 6.07) is 0. The van der Waals surface area contributed by atoms with E-state index in [4.69, 9.17) is 4.74 Å². The van der Waals surface area contributed by atoms with Crippen LogP contribution in [-0.4, -0.2) is 16.4 Å². The molecule has 0 saturated carbocycles. The molecule has 0 aliphatic rings. The SMILES string of the molecule is C=C(OCC)c1nn(C)c(C)c1Br. The van der Waals surface area contributed by atoms with Crippen molar-refractivity contribution < 1.29 is 4.74 Å². The molecule has 0 unspecified atom stereocenters. The maximum Gasteiger partial charge on any atom is 0.141 e. The average molecular weight is 245 g/mol. The monoisotopic (exact) mass is 244 g/mol. The van der Waals surface area contributed by atoms with E-state index in [0.29, 0.717) is 12.4 Å². The molecule has 1 aromatic rings. The molecule has 0 spiro atoms. The number of hydrogen-bond donors (Lipinski definition) is 0. The van der Waals surface area contributed by atoms with Gasteiger partial charge in [-0.1, -0.05) is 6.58 Å². The van der Waals surface area contributed by atoms with E-state index in [0.717, 1.165) is 15.9 Å². The fraction of sp³-hybridized carbons (Fsp3) is 0.444. The highest BCUT2D eigenvalue weighted by molar-refractivity contribution is 9.10. The van der Waals surface area contributed by atoms with Gasteiger partial charge in [-0.15, -0.1) is 0 Å². The van der Waals surface area contributed by atoms with Gasteiger partial charge < -0.3 is 4.74 Å². The van der Waals surface area contributed by atoms with Crippen LogP contribution in [0.1, 0.15) is 18.3 Å². The highest BCUT2D eigenvalue weighted by Gasteiger charge is 2.13. The van der Waals surface area contributed by atoms with Gasteiger partial charge in [0, 0.05) is 12.7 Å². The third-order valence-electron chi connectivity index (χ3n) is 1.84. The summed E-state index contributed by atoms with van der Waals surface area (Å²) in [4.78, 5) is 0. The Labute approximate surface area is 86.5 Å². The number of halogens is 1. The van der Waals surface area contributed by atoms with Gasteiger partial charge in [0.05, 0.1) is 11.1 Å². The normalized spacial score (nSPS) is 10.2. The minimum absolute atomic E-state index is 0.609. The van der Waals surface area contributed by atoms with Gasteiger partial charge in [-0.25, -0.2) is 0 Å². The fourth-order valence-electron chi connectivity index (χ4n) is 1.00. The molecule has 4 heteroatoms. The smallest absolute Gasteiger partial charge is 0.141 e. The van der Waals surface area contributed by atoms with Gasteiger partial charge in [-0.3, -0.25) is 4.68 Å². The molecular weight excluding hydrogens is 232 g/mol. The maximum atomic E-state index is 5.28. The Kier molecular flexibility index (Phi) is 3.14. The summed E-state index contributed by atoms with van der Waals surface area (Å²) in [6.45, 7) is 8.33. The second kappa shape index (κ2) is 3.96. The molecule has 0 amide bonds. The van der Waals surface area contributed by atoms with Crippen molar-refractivity contribution in [2.24, 2.45) is 7.05 Å². The van der Waals surface area contributed by atoms with Gasteiger partial charge in [0.25, 0.3) is 0 Å². The maximum absolute atomic E-state index is 5.28.